The highest BCUT2D eigenvalue weighted by atomic mass is 35.5. The normalized spacial score (nSPS) is 17.1. The number of rotatable bonds is 3. The van der Waals surface area contributed by atoms with Gasteiger partial charge in [-0.05, 0) is 78.5 Å². The molecule has 0 atom stereocenters. The number of hydrogen-bond acceptors (Lipinski definition) is 4. The molecule has 2 aliphatic heterocycles. The molecule has 9 heteroatoms. The lowest BCUT2D eigenvalue weighted by molar-refractivity contribution is -0.114. The Morgan fingerprint density at radius 3 is 2.55 bits per heavy atom. The van der Waals surface area contributed by atoms with Gasteiger partial charge in [-0.15, -0.1) is 0 Å². The van der Waals surface area contributed by atoms with Crippen LogP contribution in [0.1, 0.15) is 11.3 Å². The molecule has 1 aromatic heterocycles. The van der Waals surface area contributed by atoms with Crippen molar-refractivity contribution in [3.63, 3.8) is 0 Å². The van der Waals surface area contributed by atoms with E-state index < -0.39 is 5.91 Å². The molecule has 0 saturated carbocycles. The topological polar surface area (TPSA) is 73.8 Å². The second-order valence-electron chi connectivity index (χ2n) is 6.71. The van der Waals surface area contributed by atoms with Crippen molar-refractivity contribution in [2.45, 2.75) is 0 Å². The number of amidine groups is 2. The number of carbonyl (C=O) groups is 1. The van der Waals surface area contributed by atoms with E-state index in [1.54, 1.807) is 30.3 Å². The number of nitrogens with zero attached hydrogens (tertiary/aromatic N) is 4. The molecule has 2 aromatic carbocycles. The zero-order valence-corrected chi connectivity index (χ0v) is 17.4. The van der Waals surface area contributed by atoms with Crippen molar-refractivity contribution in [3.8, 4) is 5.69 Å². The Morgan fingerprint density at radius 1 is 1.06 bits per heavy atom. The number of hydrazone groups is 1. The predicted molar refractivity (Wildman–Crippen MR) is 121 cm³/mol. The third-order valence-corrected chi connectivity index (χ3v) is 5.93. The molecule has 0 saturated heterocycles. The van der Waals surface area contributed by atoms with Crippen molar-refractivity contribution in [1.82, 2.24) is 9.58 Å². The van der Waals surface area contributed by atoms with Crippen LogP contribution in [0.3, 0.4) is 0 Å². The molecule has 31 heavy (non-hydrogen) atoms. The molecule has 0 aliphatic carbocycles. The molecule has 3 heterocycles. The molecule has 1 amide bonds. The molecule has 152 valence electrons. The van der Waals surface area contributed by atoms with E-state index in [0.29, 0.717) is 26.5 Å². The van der Waals surface area contributed by atoms with Gasteiger partial charge in [0, 0.05) is 28.2 Å². The SMILES string of the molecule is N=C1/C(=C/c2cccn2-c2ccc(Cl)cc2)C(=O)N=C2SC(c3ccc(F)cc3)=NN12. The molecule has 5 rings (SSSR count). The molecular formula is C22H13ClFN5OS. The number of thioether (sulfide) groups is 1. The van der Waals surface area contributed by atoms with Gasteiger partial charge in [-0.2, -0.15) is 15.1 Å². The van der Waals surface area contributed by atoms with Crippen molar-refractivity contribution >= 4 is 51.4 Å². The van der Waals surface area contributed by atoms with Gasteiger partial charge in [0.05, 0.1) is 5.57 Å². The van der Waals surface area contributed by atoms with Crippen LogP contribution in [0.15, 0.2) is 82.5 Å². The maximum atomic E-state index is 13.2. The van der Waals surface area contributed by atoms with E-state index in [0.717, 1.165) is 5.69 Å². The van der Waals surface area contributed by atoms with Crippen LogP contribution >= 0.6 is 23.4 Å². The first-order chi connectivity index (χ1) is 15.0. The predicted octanol–water partition coefficient (Wildman–Crippen LogP) is 4.94. The smallest absolute Gasteiger partial charge is 0.283 e. The monoisotopic (exact) mass is 449 g/mol. The third kappa shape index (κ3) is 3.60. The first-order valence-electron chi connectivity index (χ1n) is 9.19. The first-order valence-corrected chi connectivity index (χ1v) is 10.4. The standard InChI is InChI=1S/C22H13ClFN5OS/c23-14-5-9-16(10-6-14)28-11-1-2-17(28)12-18-19(25)29-22(26-20(18)30)31-21(27-29)13-3-7-15(24)8-4-13/h1-12,25H/b18-12-,25-19?. The molecule has 0 unspecified atom stereocenters. The highest BCUT2D eigenvalue weighted by molar-refractivity contribution is 8.27. The first kappa shape index (κ1) is 19.5. The number of carbonyl (C=O) groups excluding carboxylic acids is 1. The van der Waals surface area contributed by atoms with E-state index in [1.807, 2.05) is 35.0 Å². The molecule has 0 spiro atoms. The molecule has 6 nitrogen and oxygen atoms in total. The number of nitrogens with one attached hydrogen (secondary N) is 1. The summed E-state index contributed by atoms with van der Waals surface area (Å²) in [7, 11) is 0. The fourth-order valence-electron chi connectivity index (χ4n) is 3.20. The van der Waals surface area contributed by atoms with Gasteiger partial charge in [-0.3, -0.25) is 10.2 Å². The highest BCUT2D eigenvalue weighted by Gasteiger charge is 2.36. The van der Waals surface area contributed by atoms with Crippen molar-refractivity contribution in [2.75, 3.05) is 0 Å². The van der Waals surface area contributed by atoms with Crippen molar-refractivity contribution in [2.24, 2.45) is 10.1 Å². The van der Waals surface area contributed by atoms with Gasteiger partial charge >= 0.3 is 0 Å². The fourth-order valence-corrected chi connectivity index (χ4v) is 4.22. The minimum absolute atomic E-state index is 0.0662. The summed E-state index contributed by atoms with van der Waals surface area (Å²) in [5, 5.41) is 15.8. The Morgan fingerprint density at radius 2 is 1.81 bits per heavy atom. The number of aliphatic imine (C=N–C) groups is 1. The lowest BCUT2D eigenvalue weighted by Crippen LogP contribution is -2.35. The number of fused-ring (bicyclic) bond motifs is 1. The zero-order valence-electron chi connectivity index (χ0n) is 15.8. The summed E-state index contributed by atoms with van der Waals surface area (Å²) in [4.78, 5) is 16.8. The molecule has 1 N–H and O–H groups in total. The summed E-state index contributed by atoms with van der Waals surface area (Å²) < 4.78 is 15.1. The second-order valence-corrected chi connectivity index (χ2v) is 8.10. The summed E-state index contributed by atoms with van der Waals surface area (Å²) >= 11 is 7.14. The van der Waals surface area contributed by atoms with Gasteiger partial charge in [0.15, 0.2) is 5.84 Å². The lowest BCUT2D eigenvalue weighted by atomic mass is 10.1. The quantitative estimate of drug-likeness (QED) is 0.576. The number of aromatic nitrogens is 1. The van der Waals surface area contributed by atoms with E-state index in [-0.39, 0.29) is 17.2 Å². The Balaban J connectivity index is 1.49. The summed E-state index contributed by atoms with van der Waals surface area (Å²) in [5.41, 5.74) is 2.39. The molecule has 0 bridgehead atoms. The molecule has 0 fully saturated rings. The van der Waals surface area contributed by atoms with Gasteiger partial charge < -0.3 is 4.57 Å². The van der Waals surface area contributed by atoms with Crippen LogP contribution in [0.4, 0.5) is 4.39 Å². The molecular weight excluding hydrogens is 437 g/mol. The van der Waals surface area contributed by atoms with E-state index in [1.165, 1.54) is 28.9 Å². The van der Waals surface area contributed by atoms with Crippen LogP contribution < -0.4 is 0 Å². The van der Waals surface area contributed by atoms with Gasteiger partial charge in [0.2, 0.25) is 5.17 Å². The minimum atomic E-state index is -0.511. The second kappa shape index (κ2) is 7.64. The maximum absolute atomic E-state index is 13.2. The molecule has 0 radical (unpaired) electrons. The number of benzene rings is 2. The van der Waals surface area contributed by atoms with E-state index in [9.17, 15) is 9.18 Å². The highest BCUT2D eigenvalue weighted by Crippen LogP contribution is 2.31. The van der Waals surface area contributed by atoms with Crippen LogP contribution in [-0.4, -0.2) is 31.5 Å². The summed E-state index contributed by atoms with van der Waals surface area (Å²) in [6.07, 6.45) is 3.48. The van der Waals surface area contributed by atoms with E-state index in [4.69, 9.17) is 17.0 Å². The maximum Gasteiger partial charge on any atom is 0.283 e. The Hall–Kier alpha value is -3.49. The van der Waals surface area contributed by atoms with Gasteiger partial charge in [0.1, 0.15) is 10.9 Å². The van der Waals surface area contributed by atoms with Crippen molar-refractivity contribution in [1.29, 1.82) is 5.41 Å². The lowest BCUT2D eigenvalue weighted by Gasteiger charge is -2.20. The summed E-state index contributed by atoms with van der Waals surface area (Å²) in [5.74, 6) is -0.925. The van der Waals surface area contributed by atoms with Crippen LogP contribution in [0.2, 0.25) is 5.02 Å². The van der Waals surface area contributed by atoms with E-state index in [2.05, 4.69) is 10.1 Å². The zero-order chi connectivity index (χ0) is 21.5. The Labute approximate surface area is 185 Å². The average molecular weight is 450 g/mol. The fraction of sp³-hybridized carbons (Fsp3) is 0. The largest absolute Gasteiger partial charge is 0.317 e. The van der Waals surface area contributed by atoms with Gasteiger partial charge in [-0.1, -0.05) is 11.6 Å². The van der Waals surface area contributed by atoms with Crippen LogP contribution in [0.5, 0.6) is 0 Å². The van der Waals surface area contributed by atoms with Crippen LogP contribution in [-0.2, 0) is 4.79 Å². The van der Waals surface area contributed by atoms with Gasteiger partial charge in [0.25, 0.3) is 5.91 Å². The number of hydrogen-bond donors (Lipinski definition) is 1. The molecule has 2 aliphatic rings. The Bertz CT molecular complexity index is 1310. The number of amides is 1. The van der Waals surface area contributed by atoms with Crippen molar-refractivity contribution in [3.05, 3.63) is 94.5 Å². The summed E-state index contributed by atoms with van der Waals surface area (Å²) in [6.45, 7) is 0. The number of halogens is 2. The third-order valence-electron chi connectivity index (χ3n) is 4.72. The molecule has 3 aromatic rings. The van der Waals surface area contributed by atoms with E-state index >= 15 is 0 Å². The van der Waals surface area contributed by atoms with Crippen molar-refractivity contribution < 1.29 is 9.18 Å². The van der Waals surface area contributed by atoms with Crippen LogP contribution in [0.25, 0.3) is 11.8 Å². The summed E-state index contributed by atoms with van der Waals surface area (Å²) in [6, 6.07) is 16.9. The van der Waals surface area contributed by atoms with Gasteiger partial charge in [-0.25, -0.2) is 4.39 Å². The average Bonchev–Trinajstić information content (AvgIpc) is 3.39. The minimum Gasteiger partial charge on any atom is -0.317 e. The Kier molecular flexibility index (Phi) is 4.80. The van der Waals surface area contributed by atoms with Crippen LogP contribution in [0, 0.1) is 11.2 Å².